The molecule has 0 aliphatic carbocycles. The number of hydrogen-bond acceptors (Lipinski definition) is 6. The van der Waals surface area contributed by atoms with Crippen LogP contribution in [-0.4, -0.2) is 75.6 Å². The van der Waals surface area contributed by atoms with Crippen LogP contribution in [0.15, 0.2) is 36.5 Å². The molecule has 0 aromatic rings. The van der Waals surface area contributed by atoms with Gasteiger partial charge in [0.25, 0.3) is 0 Å². The van der Waals surface area contributed by atoms with Gasteiger partial charge in [-0.2, -0.15) is 0 Å². The maximum absolute atomic E-state index is 12.6. The van der Waals surface area contributed by atoms with Gasteiger partial charge in [-0.15, -0.1) is 0 Å². The van der Waals surface area contributed by atoms with Gasteiger partial charge in [-0.25, -0.2) is 4.57 Å². The van der Waals surface area contributed by atoms with Crippen LogP contribution in [0.2, 0.25) is 0 Å². The van der Waals surface area contributed by atoms with Crippen molar-refractivity contribution in [3.05, 3.63) is 36.5 Å². The predicted octanol–water partition coefficient (Wildman–Crippen LogP) is 11.8. The first-order valence-electron chi connectivity index (χ1n) is 20.7. The number of quaternary nitrogens is 1. The Kier molecular flexibility index (Phi) is 34.8. The summed E-state index contributed by atoms with van der Waals surface area (Å²) in [5.41, 5.74) is 0. The van der Waals surface area contributed by atoms with Crippen LogP contribution < -0.4 is 0 Å². The number of nitrogens with zero attached hydrogens (tertiary/aromatic N) is 1. The van der Waals surface area contributed by atoms with E-state index in [0.29, 0.717) is 24.1 Å². The average molecular weight is 743 g/mol. The summed E-state index contributed by atoms with van der Waals surface area (Å²) in [5, 5.41) is 0. The van der Waals surface area contributed by atoms with Gasteiger partial charge < -0.3 is 18.9 Å². The zero-order valence-electron chi connectivity index (χ0n) is 33.8. The molecule has 0 radical (unpaired) electrons. The van der Waals surface area contributed by atoms with E-state index < -0.39 is 13.9 Å². The van der Waals surface area contributed by atoms with E-state index >= 15 is 0 Å². The molecule has 0 aromatic carbocycles. The molecule has 0 aromatic heterocycles. The van der Waals surface area contributed by atoms with Crippen LogP contribution in [0.3, 0.4) is 0 Å². The second-order valence-electron chi connectivity index (χ2n) is 15.0. The Balaban J connectivity index is 4.30. The van der Waals surface area contributed by atoms with Crippen molar-refractivity contribution in [2.45, 2.75) is 174 Å². The third kappa shape index (κ3) is 39.8. The molecule has 0 heterocycles. The number of carbonyl (C=O) groups excluding carboxylic acids is 1. The normalized spacial score (nSPS) is 14.2. The molecular formula is C42H81NO7P+. The van der Waals surface area contributed by atoms with Gasteiger partial charge >= 0.3 is 13.8 Å². The molecule has 0 fully saturated rings. The molecule has 0 bridgehead atoms. The fraction of sp³-hybridized carbons (Fsp3) is 0.833. The molecular weight excluding hydrogens is 661 g/mol. The van der Waals surface area contributed by atoms with Crippen molar-refractivity contribution in [1.82, 2.24) is 0 Å². The van der Waals surface area contributed by atoms with E-state index in [9.17, 15) is 14.3 Å². The van der Waals surface area contributed by atoms with Crippen LogP contribution in [0.1, 0.15) is 168 Å². The summed E-state index contributed by atoms with van der Waals surface area (Å²) in [6, 6.07) is 0. The maximum Gasteiger partial charge on any atom is 0.472 e. The molecule has 0 amide bonds. The minimum Gasteiger partial charge on any atom is -0.457 e. The van der Waals surface area contributed by atoms with Crippen LogP contribution in [0.25, 0.3) is 0 Å². The molecule has 0 rings (SSSR count). The first kappa shape index (κ1) is 49.7. The second kappa shape index (κ2) is 35.7. The van der Waals surface area contributed by atoms with Gasteiger partial charge in [-0.05, 0) is 64.2 Å². The van der Waals surface area contributed by atoms with Crippen LogP contribution in [-0.2, 0) is 27.9 Å². The molecule has 51 heavy (non-hydrogen) atoms. The predicted molar refractivity (Wildman–Crippen MR) is 215 cm³/mol. The lowest BCUT2D eigenvalue weighted by Gasteiger charge is -2.24. The van der Waals surface area contributed by atoms with Crippen molar-refractivity contribution >= 4 is 13.8 Å². The fourth-order valence-electron chi connectivity index (χ4n) is 5.39. The Morgan fingerprint density at radius 3 is 1.67 bits per heavy atom. The first-order valence-corrected chi connectivity index (χ1v) is 22.2. The summed E-state index contributed by atoms with van der Waals surface area (Å²) in [4.78, 5) is 22.8. The molecule has 9 heteroatoms. The number of phosphoric acid groups is 1. The molecule has 300 valence electrons. The fourth-order valence-corrected chi connectivity index (χ4v) is 6.13. The van der Waals surface area contributed by atoms with Crippen molar-refractivity contribution in [2.24, 2.45) is 0 Å². The number of phosphoric ester groups is 1. The zero-order chi connectivity index (χ0) is 37.7. The van der Waals surface area contributed by atoms with Gasteiger partial charge in [0.05, 0.1) is 34.4 Å². The quantitative estimate of drug-likeness (QED) is 0.0221. The highest BCUT2D eigenvalue weighted by atomic mass is 31.2. The third-order valence-corrected chi connectivity index (χ3v) is 9.66. The van der Waals surface area contributed by atoms with E-state index in [1.54, 1.807) is 0 Å². The standard InChI is InChI=1S/C42H80NO7P/c1-6-8-10-12-14-16-18-20-22-24-26-28-30-32-34-37-47-39-41(40-49-51(45,46)48-38-36-43(3,4)5)50-42(44)35-33-31-29-27-25-23-21-19-17-15-13-11-9-7-2/h13,15,18-21,41H,6-12,14,16-17,22-40H2,1-5H3/p+1/b15-13-,20-18-,21-19-. The van der Waals surface area contributed by atoms with Crippen molar-refractivity contribution in [3.63, 3.8) is 0 Å². The Labute approximate surface area is 315 Å². The molecule has 0 aliphatic rings. The van der Waals surface area contributed by atoms with Crippen molar-refractivity contribution < 1.29 is 37.3 Å². The summed E-state index contributed by atoms with van der Waals surface area (Å²) in [6.45, 7) is 5.54. The second-order valence-corrected chi connectivity index (χ2v) is 16.5. The van der Waals surface area contributed by atoms with Gasteiger partial charge in [0, 0.05) is 13.0 Å². The highest BCUT2D eigenvalue weighted by Gasteiger charge is 2.26. The SMILES string of the molecule is CCCC/C=C\C/C=C\CCCCCCCC(=O)OC(COCCCCCCCC/C=C\CCCCCCC)COP(=O)(O)OCC[N+](C)(C)C. The lowest BCUT2D eigenvalue weighted by molar-refractivity contribution is -0.870. The van der Waals surface area contributed by atoms with Crippen LogP contribution >= 0.6 is 7.82 Å². The zero-order valence-corrected chi connectivity index (χ0v) is 34.7. The molecule has 0 saturated carbocycles. The molecule has 8 nitrogen and oxygen atoms in total. The van der Waals surface area contributed by atoms with E-state index in [0.717, 1.165) is 57.8 Å². The number of unbranched alkanes of at least 4 members (excludes halogenated alkanes) is 18. The van der Waals surface area contributed by atoms with E-state index in [-0.39, 0.29) is 25.8 Å². The maximum atomic E-state index is 12.6. The molecule has 2 atom stereocenters. The highest BCUT2D eigenvalue weighted by Crippen LogP contribution is 2.43. The van der Waals surface area contributed by atoms with Gasteiger partial charge in [0.2, 0.25) is 0 Å². The highest BCUT2D eigenvalue weighted by molar-refractivity contribution is 7.47. The summed E-state index contributed by atoms with van der Waals surface area (Å²) < 4.78 is 34.9. The Morgan fingerprint density at radius 2 is 1.10 bits per heavy atom. The average Bonchev–Trinajstić information content (AvgIpc) is 3.08. The van der Waals surface area contributed by atoms with Crippen LogP contribution in [0, 0.1) is 0 Å². The van der Waals surface area contributed by atoms with Crippen LogP contribution in [0.4, 0.5) is 0 Å². The Bertz CT molecular complexity index is 915. The number of hydrogen-bond donors (Lipinski definition) is 1. The molecule has 0 aliphatic heterocycles. The number of rotatable bonds is 38. The number of ether oxygens (including phenoxy) is 2. The van der Waals surface area contributed by atoms with Gasteiger partial charge in [-0.1, -0.05) is 134 Å². The summed E-state index contributed by atoms with van der Waals surface area (Å²) >= 11 is 0. The van der Waals surface area contributed by atoms with Crippen LogP contribution in [0.5, 0.6) is 0 Å². The van der Waals surface area contributed by atoms with Crippen molar-refractivity contribution in [3.8, 4) is 0 Å². The molecule has 0 spiro atoms. The first-order chi connectivity index (χ1) is 24.6. The van der Waals surface area contributed by atoms with E-state index in [1.165, 1.54) is 89.9 Å². The van der Waals surface area contributed by atoms with E-state index in [1.807, 2.05) is 21.1 Å². The van der Waals surface area contributed by atoms with E-state index in [4.69, 9.17) is 18.5 Å². The minimum absolute atomic E-state index is 0.0842. The lowest BCUT2D eigenvalue weighted by atomic mass is 10.1. The van der Waals surface area contributed by atoms with Gasteiger partial charge in [0.1, 0.15) is 19.3 Å². The summed E-state index contributed by atoms with van der Waals surface area (Å²) in [5.74, 6) is -0.331. The summed E-state index contributed by atoms with van der Waals surface area (Å²) in [6.07, 6.45) is 40.2. The minimum atomic E-state index is -4.27. The number of esters is 1. The monoisotopic (exact) mass is 743 g/mol. The number of likely N-dealkylation sites (N-methyl/N-ethyl adjacent to an activating group) is 1. The Morgan fingerprint density at radius 1 is 0.608 bits per heavy atom. The van der Waals surface area contributed by atoms with Crippen molar-refractivity contribution in [1.29, 1.82) is 0 Å². The largest absolute Gasteiger partial charge is 0.472 e. The topological polar surface area (TPSA) is 91.3 Å². The summed E-state index contributed by atoms with van der Waals surface area (Å²) in [7, 11) is 1.65. The van der Waals surface area contributed by atoms with Gasteiger partial charge in [-0.3, -0.25) is 13.8 Å². The van der Waals surface area contributed by atoms with Crippen molar-refractivity contribution in [2.75, 3.05) is 54.1 Å². The molecule has 2 unspecified atom stereocenters. The number of carbonyl (C=O) groups is 1. The van der Waals surface area contributed by atoms with Gasteiger partial charge in [0.15, 0.2) is 0 Å². The molecule has 0 saturated heterocycles. The van der Waals surface area contributed by atoms with E-state index in [2.05, 4.69) is 50.3 Å². The smallest absolute Gasteiger partial charge is 0.457 e. The molecule has 1 N–H and O–H groups in total. The third-order valence-electron chi connectivity index (χ3n) is 8.67. The Hall–Kier alpha value is -1.28. The lowest BCUT2D eigenvalue weighted by Crippen LogP contribution is -2.37. The number of allylic oxidation sites excluding steroid dienone is 6.